The largest absolute Gasteiger partial charge is 0.504 e. The maximum atomic E-state index is 12.4. The summed E-state index contributed by atoms with van der Waals surface area (Å²) in [5.74, 6) is -0.340. The molecule has 1 aliphatic rings. The van der Waals surface area contributed by atoms with E-state index in [1.807, 2.05) is 30.3 Å². The topological polar surface area (TPSA) is 78.9 Å². The summed E-state index contributed by atoms with van der Waals surface area (Å²) < 4.78 is 5.02. The second-order valence-corrected chi connectivity index (χ2v) is 6.31. The average molecular weight is 354 g/mol. The van der Waals surface area contributed by atoms with E-state index in [4.69, 9.17) is 4.74 Å². The van der Waals surface area contributed by atoms with Crippen LogP contribution in [-0.2, 0) is 11.2 Å². The highest BCUT2D eigenvalue weighted by Gasteiger charge is 2.31. The summed E-state index contributed by atoms with van der Waals surface area (Å²) in [6, 6.07) is 14.5. The zero-order valence-corrected chi connectivity index (χ0v) is 14.6. The first-order valence-electron chi connectivity index (χ1n) is 8.57. The van der Waals surface area contributed by atoms with Crippen LogP contribution in [0.4, 0.5) is 0 Å². The van der Waals surface area contributed by atoms with Crippen LogP contribution >= 0.6 is 0 Å². The van der Waals surface area contributed by atoms with Crippen molar-refractivity contribution in [1.29, 1.82) is 0 Å². The van der Waals surface area contributed by atoms with Crippen LogP contribution in [-0.4, -0.2) is 48.1 Å². The number of rotatable bonds is 6. The molecule has 0 unspecified atom stereocenters. The number of aromatic hydroxyl groups is 1. The van der Waals surface area contributed by atoms with Crippen LogP contribution in [0.5, 0.6) is 11.5 Å². The molecule has 1 heterocycles. The smallest absolute Gasteiger partial charge is 0.255 e. The van der Waals surface area contributed by atoms with Gasteiger partial charge in [0.25, 0.3) is 5.91 Å². The SMILES string of the molecule is COc1cccc(C(=O)N[C@H]2CC(=O)N(CCc3ccccc3)C2)c1O. The van der Waals surface area contributed by atoms with Crippen molar-refractivity contribution in [2.45, 2.75) is 18.9 Å². The van der Waals surface area contributed by atoms with Crippen LogP contribution in [0.1, 0.15) is 22.3 Å². The summed E-state index contributed by atoms with van der Waals surface area (Å²) in [7, 11) is 1.43. The number of carbonyl (C=O) groups excluding carboxylic acids is 2. The van der Waals surface area contributed by atoms with E-state index < -0.39 is 5.91 Å². The summed E-state index contributed by atoms with van der Waals surface area (Å²) in [4.78, 5) is 26.4. The van der Waals surface area contributed by atoms with Crippen LogP contribution < -0.4 is 10.1 Å². The molecule has 0 aromatic heterocycles. The van der Waals surface area contributed by atoms with Gasteiger partial charge in [0.2, 0.25) is 5.91 Å². The highest BCUT2D eigenvalue weighted by molar-refractivity contribution is 5.98. The van der Waals surface area contributed by atoms with E-state index in [1.54, 1.807) is 17.0 Å². The van der Waals surface area contributed by atoms with E-state index in [-0.39, 0.29) is 35.4 Å². The lowest BCUT2D eigenvalue weighted by Crippen LogP contribution is -2.37. The number of nitrogens with zero attached hydrogens (tertiary/aromatic N) is 1. The number of amides is 2. The Kier molecular flexibility index (Phi) is 5.41. The van der Waals surface area contributed by atoms with E-state index in [9.17, 15) is 14.7 Å². The molecule has 6 nitrogen and oxygen atoms in total. The number of para-hydroxylation sites is 1. The number of nitrogens with one attached hydrogen (secondary N) is 1. The van der Waals surface area contributed by atoms with Crippen molar-refractivity contribution in [2.75, 3.05) is 20.2 Å². The minimum absolute atomic E-state index is 0.0288. The van der Waals surface area contributed by atoms with Crippen molar-refractivity contribution in [3.05, 3.63) is 59.7 Å². The summed E-state index contributed by atoms with van der Waals surface area (Å²) >= 11 is 0. The highest BCUT2D eigenvalue weighted by atomic mass is 16.5. The third-order valence-electron chi connectivity index (χ3n) is 4.53. The summed E-state index contributed by atoms with van der Waals surface area (Å²) in [5.41, 5.74) is 1.31. The molecule has 2 N–H and O–H groups in total. The summed E-state index contributed by atoms with van der Waals surface area (Å²) in [6.45, 7) is 1.10. The molecule has 1 fully saturated rings. The summed E-state index contributed by atoms with van der Waals surface area (Å²) in [5, 5.41) is 12.9. The second-order valence-electron chi connectivity index (χ2n) is 6.31. The van der Waals surface area contributed by atoms with Gasteiger partial charge in [-0.05, 0) is 24.1 Å². The van der Waals surface area contributed by atoms with Crippen molar-refractivity contribution in [1.82, 2.24) is 10.2 Å². The molecule has 26 heavy (non-hydrogen) atoms. The number of phenols is 1. The van der Waals surface area contributed by atoms with E-state index in [0.717, 1.165) is 6.42 Å². The van der Waals surface area contributed by atoms with Crippen LogP contribution in [0.3, 0.4) is 0 Å². The van der Waals surface area contributed by atoms with Gasteiger partial charge in [0.05, 0.1) is 18.7 Å². The van der Waals surface area contributed by atoms with Crippen LogP contribution in [0.25, 0.3) is 0 Å². The van der Waals surface area contributed by atoms with Gasteiger partial charge in [-0.2, -0.15) is 0 Å². The molecule has 0 bridgehead atoms. The van der Waals surface area contributed by atoms with Crippen molar-refractivity contribution in [2.24, 2.45) is 0 Å². The van der Waals surface area contributed by atoms with Gasteiger partial charge in [0.15, 0.2) is 11.5 Å². The lowest BCUT2D eigenvalue weighted by atomic mass is 10.1. The molecule has 3 rings (SSSR count). The quantitative estimate of drug-likeness (QED) is 0.831. The molecule has 6 heteroatoms. The Hall–Kier alpha value is -3.02. The van der Waals surface area contributed by atoms with Gasteiger partial charge in [-0.3, -0.25) is 9.59 Å². The van der Waals surface area contributed by atoms with E-state index >= 15 is 0 Å². The van der Waals surface area contributed by atoms with Crippen LogP contribution in [0.15, 0.2) is 48.5 Å². The number of carbonyl (C=O) groups is 2. The van der Waals surface area contributed by atoms with Crippen molar-refractivity contribution >= 4 is 11.8 Å². The zero-order valence-electron chi connectivity index (χ0n) is 14.6. The average Bonchev–Trinajstić information content (AvgIpc) is 3.00. The highest BCUT2D eigenvalue weighted by Crippen LogP contribution is 2.29. The Bertz CT molecular complexity index is 792. The Morgan fingerprint density at radius 3 is 2.73 bits per heavy atom. The molecule has 1 aliphatic heterocycles. The summed E-state index contributed by atoms with van der Waals surface area (Å²) in [6.07, 6.45) is 1.05. The van der Waals surface area contributed by atoms with Gasteiger partial charge in [-0.15, -0.1) is 0 Å². The molecule has 0 spiro atoms. The number of likely N-dealkylation sites (tertiary alicyclic amines) is 1. The maximum Gasteiger partial charge on any atom is 0.255 e. The molecular formula is C20H22N2O4. The zero-order chi connectivity index (χ0) is 18.5. The van der Waals surface area contributed by atoms with Crippen LogP contribution in [0, 0.1) is 0 Å². The Morgan fingerprint density at radius 1 is 1.23 bits per heavy atom. The first-order chi connectivity index (χ1) is 12.6. The predicted molar refractivity (Wildman–Crippen MR) is 97.3 cm³/mol. The molecule has 1 saturated heterocycles. The maximum absolute atomic E-state index is 12.4. The number of hydrogen-bond acceptors (Lipinski definition) is 4. The molecule has 0 radical (unpaired) electrons. The molecule has 0 aliphatic carbocycles. The first-order valence-corrected chi connectivity index (χ1v) is 8.57. The predicted octanol–water partition coefficient (Wildman–Crippen LogP) is 1.97. The third kappa shape index (κ3) is 3.96. The van der Waals surface area contributed by atoms with E-state index in [1.165, 1.54) is 18.7 Å². The van der Waals surface area contributed by atoms with Gasteiger partial charge in [-0.1, -0.05) is 36.4 Å². The molecule has 136 valence electrons. The molecule has 2 aromatic rings. The van der Waals surface area contributed by atoms with Gasteiger partial charge in [0.1, 0.15) is 0 Å². The molecule has 1 atom stereocenters. The number of benzene rings is 2. The fourth-order valence-electron chi connectivity index (χ4n) is 3.13. The number of hydrogen-bond donors (Lipinski definition) is 2. The van der Waals surface area contributed by atoms with Gasteiger partial charge in [0, 0.05) is 19.5 Å². The van der Waals surface area contributed by atoms with Gasteiger partial charge < -0.3 is 20.1 Å². The molecular weight excluding hydrogens is 332 g/mol. The minimum Gasteiger partial charge on any atom is -0.504 e. The molecule has 2 aromatic carbocycles. The fraction of sp³-hybridized carbons (Fsp3) is 0.300. The van der Waals surface area contributed by atoms with Crippen molar-refractivity contribution in [3.8, 4) is 11.5 Å². The standard InChI is InChI=1S/C20H22N2O4/c1-26-17-9-5-8-16(19(17)24)20(25)21-15-12-18(23)22(13-15)11-10-14-6-3-2-4-7-14/h2-9,15,24H,10-13H2,1H3,(H,21,25)/t15-/m0/s1. The number of methoxy groups -OCH3 is 1. The lowest BCUT2D eigenvalue weighted by molar-refractivity contribution is -0.127. The third-order valence-corrected chi connectivity index (χ3v) is 4.53. The van der Waals surface area contributed by atoms with Crippen molar-refractivity contribution < 1.29 is 19.4 Å². The Labute approximate surface area is 152 Å². The fourth-order valence-corrected chi connectivity index (χ4v) is 3.13. The lowest BCUT2D eigenvalue weighted by Gasteiger charge is -2.17. The normalized spacial score (nSPS) is 16.6. The van der Waals surface area contributed by atoms with Gasteiger partial charge in [-0.25, -0.2) is 0 Å². The van der Waals surface area contributed by atoms with Crippen LogP contribution in [0.2, 0.25) is 0 Å². The number of ether oxygens (including phenoxy) is 1. The first kappa shape index (κ1) is 17.8. The Balaban J connectivity index is 1.58. The number of phenolic OH excluding ortho intramolecular Hbond substituents is 1. The van der Waals surface area contributed by atoms with Crippen molar-refractivity contribution in [3.63, 3.8) is 0 Å². The second kappa shape index (κ2) is 7.91. The monoisotopic (exact) mass is 354 g/mol. The van der Waals surface area contributed by atoms with E-state index in [2.05, 4.69) is 5.32 Å². The molecule has 2 amide bonds. The van der Waals surface area contributed by atoms with Gasteiger partial charge >= 0.3 is 0 Å². The Morgan fingerprint density at radius 2 is 2.00 bits per heavy atom. The van der Waals surface area contributed by atoms with E-state index in [0.29, 0.717) is 13.1 Å². The minimum atomic E-state index is -0.413. The molecule has 0 saturated carbocycles.